The summed E-state index contributed by atoms with van der Waals surface area (Å²) in [6.45, 7) is 2.45. The molecule has 4 aromatic rings. The van der Waals surface area contributed by atoms with Gasteiger partial charge in [0.2, 0.25) is 0 Å². The molecule has 40 heavy (non-hydrogen) atoms. The average molecular weight is 645 g/mol. The molecule has 4 rings (SSSR count). The molecule has 0 aliphatic rings. The summed E-state index contributed by atoms with van der Waals surface area (Å²) in [4.78, 5) is 0. The Balaban J connectivity index is 0.000000628. The minimum absolute atomic E-state index is 0. The molecular weight excluding hydrogens is 619 g/mol. The van der Waals surface area contributed by atoms with Crippen LogP contribution in [-0.4, -0.2) is 26.3 Å². The quantitative estimate of drug-likeness (QED) is 0.108. The smallest absolute Gasteiger partial charge is 0.418 e. The van der Waals surface area contributed by atoms with E-state index in [0.29, 0.717) is 5.66 Å². The molecular formula is C27H26B2F8NiP2. The third-order valence-electron chi connectivity index (χ3n) is 5.09. The van der Waals surface area contributed by atoms with Crippen molar-refractivity contribution in [3.05, 3.63) is 121 Å². The van der Waals surface area contributed by atoms with Gasteiger partial charge in [-0.15, -0.1) is 0 Å². The molecule has 0 saturated heterocycles. The van der Waals surface area contributed by atoms with Crippen molar-refractivity contribution in [3.63, 3.8) is 0 Å². The van der Waals surface area contributed by atoms with Gasteiger partial charge in [0.15, 0.2) is 0 Å². The number of rotatable bonds is 7. The molecule has 216 valence electrons. The molecule has 0 fully saturated rings. The third-order valence-corrected chi connectivity index (χ3v) is 10.9. The van der Waals surface area contributed by atoms with Crippen LogP contribution in [0.2, 0.25) is 0 Å². The molecule has 4 aromatic carbocycles. The molecule has 0 aliphatic heterocycles. The molecule has 0 heterocycles. The van der Waals surface area contributed by atoms with Gasteiger partial charge in [-0.1, -0.05) is 128 Å². The maximum absolute atomic E-state index is 9.75. The zero-order chi connectivity index (χ0) is 28.9. The van der Waals surface area contributed by atoms with Gasteiger partial charge in [0, 0.05) is 0 Å². The van der Waals surface area contributed by atoms with E-state index < -0.39 is 22.4 Å². The summed E-state index contributed by atoms with van der Waals surface area (Å²) in [6.07, 6.45) is 1.19. The molecule has 1 atom stereocenters. The van der Waals surface area contributed by atoms with Gasteiger partial charge in [-0.2, -0.15) is 0 Å². The Morgan fingerprint density at radius 2 is 0.700 bits per heavy atom. The van der Waals surface area contributed by atoms with E-state index in [2.05, 4.69) is 128 Å². The van der Waals surface area contributed by atoms with Crippen LogP contribution < -0.4 is 21.2 Å². The SMILES string of the molecule is CC(CP(c1ccccc1)c1ccccc1)P(c1ccccc1)c1ccccc1.F[B-](F)(F)F.F[B-](F)(F)F.[Ni+2]. The minimum atomic E-state index is -6.00. The average Bonchev–Trinajstić information content (AvgIpc) is 2.88. The second-order valence-electron chi connectivity index (χ2n) is 8.16. The standard InChI is InChI=1S/C27H26P2.2BF4.Ni/c1-23(29(26-18-10-4-11-19-26)27-20-12-5-13-21-27)22-28(24-14-6-2-7-15-24)25-16-8-3-9-17-25;2*2-1(3,4)5;/h2-21,23H,22H2,1H3;;;/q;2*-1;+2. The van der Waals surface area contributed by atoms with Gasteiger partial charge in [0.1, 0.15) is 0 Å². The molecule has 0 spiro atoms. The molecule has 0 N–H and O–H groups in total. The monoisotopic (exact) mass is 644 g/mol. The second kappa shape index (κ2) is 17.6. The van der Waals surface area contributed by atoms with Gasteiger partial charge in [-0.25, -0.2) is 0 Å². The van der Waals surface area contributed by atoms with Crippen LogP contribution >= 0.6 is 15.8 Å². The predicted molar refractivity (Wildman–Crippen MR) is 153 cm³/mol. The number of hydrogen-bond acceptors (Lipinski definition) is 0. The number of hydrogen-bond donors (Lipinski definition) is 0. The first-order valence-electron chi connectivity index (χ1n) is 11.8. The molecule has 0 radical (unpaired) electrons. The summed E-state index contributed by atoms with van der Waals surface area (Å²) in [5.41, 5.74) is 0.585. The number of halogens is 8. The summed E-state index contributed by atoms with van der Waals surface area (Å²) >= 11 is 0. The Morgan fingerprint density at radius 3 is 0.950 bits per heavy atom. The first kappa shape index (κ1) is 35.8. The summed E-state index contributed by atoms with van der Waals surface area (Å²) in [7, 11) is -12.8. The fourth-order valence-corrected chi connectivity index (χ4v) is 9.51. The zero-order valence-electron chi connectivity index (χ0n) is 21.2. The van der Waals surface area contributed by atoms with Gasteiger partial charge in [-0.3, -0.25) is 0 Å². The van der Waals surface area contributed by atoms with Crippen molar-refractivity contribution in [2.24, 2.45) is 0 Å². The van der Waals surface area contributed by atoms with Crippen molar-refractivity contribution in [1.29, 1.82) is 0 Å². The molecule has 0 aromatic heterocycles. The van der Waals surface area contributed by atoms with Crippen molar-refractivity contribution >= 4 is 51.6 Å². The summed E-state index contributed by atoms with van der Waals surface area (Å²) in [6, 6.07) is 44.3. The first-order valence-corrected chi connectivity index (χ1v) is 14.8. The van der Waals surface area contributed by atoms with Gasteiger partial charge in [-0.05, 0) is 48.9 Å². The fourth-order valence-electron chi connectivity index (χ4n) is 3.76. The van der Waals surface area contributed by atoms with Crippen molar-refractivity contribution in [2.45, 2.75) is 12.6 Å². The normalized spacial score (nSPS) is 11.9. The van der Waals surface area contributed by atoms with Crippen molar-refractivity contribution in [2.75, 3.05) is 6.16 Å². The van der Waals surface area contributed by atoms with Crippen LogP contribution in [0.15, 0.2) is 121 Å². The van der Waals surface area contributed by atoms with Crippen LogP contribution in [0.5, 0.6) is 0 Å². The Bertz CT molecular complexity index is 1100. The summed E-state index contributed by atoms with van der Waals surface area (Å²) in [5, 5.41) is 5.88. The molecule has 1 unspecified atom stereocenters. The molecule has 0 nitrogen and oxygen atoms in total. The topological polar surface area (TPSA) is 0 Å². The summed E-state index contributed by atoms with van der Waals surface area (Å²) in [5.74, 6) is 0. The van der Waals surface area contributed by atoms with Crippen LogP contribution in [0, 0.1) is 0 Å². The van der Waals surface area contributed by atoms with E-state index in [1.807, 2.05) is 0 Å². The van der Waals surface area contributed by atoms with Crippen LogP contribution in [-0.2, 0) is 16.5 Å². The van der Waals surface area contributed by atoms with Crippen molar-refractivity contribution in [1.82, 2.24) is 0 Å². The van der Waals surface area contributed by atoms with Gasteiger partial charge < -0.3 is 34.5 Å². The van der Waals surface area contributed by atoms with Crippen LogP contribution in [0.4, 0.5) is 34.5 Å². The van der Waals surface area contributed by atoms with Crippen LogP contribution in [0.1, 0.15) is 6.92 Å². The van der Waals surface area contributed by atoms with E-state index in [1.165, 1.54) is 27.4 Å². The molecule has 13 heteroatoms. The van der Waals surface area contributed by atoms with E-state index >= 15 is 0 Å². The van der Waals surface area contributed by atoms with Crippen molar-refractivity contribution in [3.8, 4) is 0 Å². The fraction of sp³-hybridized carbons (Fsp3) is 0.111. The predicted octanol–water partition coefficient (Wildman–Crippen LogP) is 8.24. The molecule has 0 saturated carbocycles. The van der Waals surface area contributed by atoms with E-state index in [9.17, 15) is 34.5 Å². The van der Waals surface area contributed by atoms with Crippen LogP contribution in [0.25, 0.3) is 0 Å². The van der Waals surface area contributed by atoms with Gasteiger partial charge in [0.25, 0.3) is 0 Å². The minimum Gasteiger partial charge on any atom is -0.418 e. The van der Waals surface area contributed by atoms with E-state index in [0.717, 1.165) is 0 Å². The van der Waals surface area contributed by atoms with Gasteiger partial charge in [0.05, 0.1) is 0 Å². The Kier molecular flexibility index (Phi) is 15.7. The maximum atomic E-state index is 9.75. The maximum Gasteiger partial charge on any atom is 2.00 e. The Labute approximate surface area is 242 Å². The third kappa shape index (κ3) is 15.0. The Morgan fingerprint density at radius 1 is 0.475 bits per heavy atom. The zero-order valence-corrected chi connectivity index (χ0v) is 24.0. The van der Waals surface area contributed by atoms with E-state index in [4.69, 9.17) is 0 Å². The summed E-state index contributed by atoms with van der Waals surface area (Å²) < 4.78 is 78.0. The van der Waals surface area contributed by atoms with Gasteiger partial charge >= 0.3 is 31.0 Å². The molecule has 0 aliphatic carbocycles. The largest absolute Gasteiger partial charge is 2.00 e. The molecule has 0 bridgehead atoms. The van der Waals surface area contributed by atoms with Crippen LogP contribution in [0.3, 0.4) is 0 Å². The number of benzene rings is 4. The van der Waals surface area contributed by atoms with E-state index in [-0.39, 0.29) is 24.4 Å². The first-order chi connectivity index (χ1) is 18.3. The molecule has 0 amide bonds. The van der Waals surface area contributed by atoms with Crippen molar-refractivity contribution < 1.29 is 51.0 Å². The second-order valence-corrected chi connectivity index (χ2v) is 13.1. The van der Waals surface area contributed by atoms with E-state index in [1.54, 1.807) is 0 Å². The Hall–Kier alpha value is -2.20.